The van der Waals surface area contributed by atoms with E-state index in [9.17, 15) is 9.18 Å². The van der Waals surface area contributed by atoms with E-state index >= 15 is 0 Å². The van der Waals surface area contributed by atoms with Gasteiger partial charge in [-0.15, -0.1) is 0 Å². The summed E-state index contributed by atoms with van der Waals surface area (Å²) < 4.78 is 19.1. The van der Waals surface area contributed by atoms with Crippen molar-refractivity contribution in [3.05, 3.63) is 77.2 Å². The first-order valence-electron chi connectivity index (χ1n) is 11.5. The molecule has 5 N–H and O–H groups in total. The lowest BCUT2D eigenvalue weighted by Crippen LogP contribution is -2.36. The maximum atomic E-state index is 13.7. The van der Waals surface area contributed by atoms with E-state index in [0.29, 0.717) is 22.9 Å². The molecule has 1 aromatic heterocycles. The van der Waals surface area contributed by atoms with Gasteiger partial charge >= 0.3 is 0 Å². The van der Waals surface area contributed by atoms with Crippen LogP contribution >= 0.6 is 0 Å². The van der Waals surface area contributed by atoms with Gasteiger partial charge in [-0.3, -0.25) is 0 Å². The molecule has 2 aliphatic rings. The third kappa shape index (κ3) is 4.96. The smallest absolute Gasteiger partial charge is 0.146 e. The highest BCUT2D eigenvalue weighted by atomic mass is 19.1. The van der Waals surface area contributed by atoms with E-state index in [1.165, 1.54) is 12.1 Å². The predicted octanol–water partition coefficient (Wildman–Crippen LogP) is 3.82. The lowest BCUT2D eigenvalue weighted by molar-refractivity contribution is -0.109. The third-order valence-corrected chi connectivity index (χ3v) is 6.13. The van der Waals surface area contributed by atoms with Gasteiger partial charge in [0.05, 0.1) is 13.2 Å². The van der Waals surface area contributed by atoms with Gasteiger partial charge < -0.3 is 36.1 Å². The maximum absolute atomic E-state index is 13.7. The summed E-state index contributed by atoms with van der Waals surface area (Å²) in [5.74, 6) is 0.753. The molecule has 1 atom stereocenters. The first kappa shape index (κ1) is 22.8. The number of halogens is 1. The highest BCUT2D eigenvalue weighted by Gasteiger charge is 2.23. The zero-order valence-corrected chi connectivity index (χ0v) is 19.1. The number of morpholine rings is 1. The third-order valence-electron chi connectivity index (χ3n) is 6.13. The van der Waals surface area contributed by atoms with Crippen LogP contribution in [0.1, 0.15) is 22.7 Å². The van der Waals surface area contributed by atoms with Crippen molar-refractivity contribution >= 4 is 41.1 Å². The molecule has 9 heteroatoms. The average Bonchev–Trinajstić information content (AvgIpc) is 2.90. The number of carbonyl (C=O) groups is 1. The molecular weight excluding hydrogens is 447 g/mol. The van der Waals surface area contributed by atoms with Crippen LogP contribution in [0.2, 0.25) is 0 Å². The Morgan fingerprint density at radius 2 is 1.94 bits per heavy atom. The van der Waals surface area contributed by atoms with E-state index in [0.717, 1.165) is 55.1 Å². The Labute approximate surface area is 203 Å². The molecule has 0 amide bonds. The predicted molar refractivity (Wildman–Crippen MR) is 136 cm³/mol. The molecule has 0 saturated carbocycles. The molecule has 0 spiro atoms. The molecule has 8 nitrogen and oxygen atoms in total. The molecule has 1 fully saturated rings. The van der Waals surface area contributed by atoms with Gasteiger partial charge in [-0.2, -0.15) is 0 Å². The summed E-state index contributed by atoms with van der Waals surface area (Å²) in [6, 6.07) is 13.9. The highest BCUT2D eigenvalue weighted by Crippen LogP contribution is 2.34. The Morgan fingerprint density at radius 1 is 1.14 bits per heavy atom. The molecule has 3 aromatic rings. The van der Waals surface area contributed by atoms with Crippen molar-refractivity contribution in [3.63, 3.8) is 0 Å². The Balaban J connectivity index is 1.47. The number of aromatic nitrogens is 1. The van der Waals surface area contributed by atoms with E-state index in [1.807, 2.05) is 24.3 Å². The number of ether oxygens (including phenoxy) is 1. The highest BCUT2D eigenvalue weighted by molar-refractivity contribution is 5.79. The molecule has 180 valence electrons. The summed E-state index contributed by atoms with van der Waals surface area (Å²) in [6.07, 6.45) is 4.50. The number of rotatable bonds is 7. The standard InChI is InChI=1S/C26H27FN6O2/c27-19-1-6-22(18(13-19)15-28)31-24-14-17-7-8-29-23(16-34)25(17)26(32-24)30-20-2-4-21(5-3-20)33-9-11-35-12-10-33/h1-8,13-14,16,23,29H,9-12,15,28H2,(H2,30,31,32). The van der Waals surface area contributed by atoms with Gasteiger partial charge in [0.2, 0.25) is 0 Å². The van der Waals surface area contributed by atoms with Crippen LogP contribution in [-0.4, -0.2) is 37.6 Å². The molecular formula is C26H27FN6O2. The Bertz CT molecular complexity index is 1240. The van der Waals surface area contributed by atoms with Crippen molar-refractivity contribution in [2.24, 2.45) is 5.73 Å². The number of anilines is 5. The second-order valence-electron chi connectivity index (χ2n) is 8.37. The number of carbonyl (C=O) groups excluding carboxylic acids is 1. The number of hydrogen-bond donors (Lipinski definition) is 4. The fraction of sp³-hybridized carbons (Fsp3) is 0.231. The van der Waals surface area contributed by atoms with Crippen molar-refractivity contribution in [2.75, 3.05) is 41.8 Å². The fourth-order valence-electron chi connectivity index (χ4n) is 4.34. The quantitative estimate of drug-likeness (QED) is 0.383. The zero-order chi connectivity index (χ0) is 24.2. The van der Waals surface area contributed by atoms with Gasteiger partial charge in [-0.05, 0) is 71.9 Å². The molecule has 1 unspecified atom stereocenters. The summed E-state index contributed by atoms with van der Waals surface area (Å²) in [7, 11) is 0. The van der Waals surface area contributed by atoms with Gasteiger partial charge in [-0.1, -0.05) is 0 Å². The number of pyridine rings is 1. The summed E-state index contributed by atoms with van der Waals surface area (Å²) >= 11 is 0. The molecule has 2 aromatic carbocycles. The molecule has 0 radical (unpaired) electrons. The fourth-order valence-corrected chi connectivity index (χ4v) is 4.34. The molecule has 5 rings (SSSR count). The second kappa shape index (κ2) is 10.1. The van der Waals surface area contributed by atoms with Crippen LogP contribution in [-0.2, 0) is 16.1 Å². The summed E-state index contributed by atoms with van der Waals surface area (Å²) in [5, 5.41) is 9.70. The second-order valence-corrected chi connectivity index (χ2v) is 8.37. The minimum absolute atomic E-state index is 0.183. The van der Waals surface area contributed by atoms with Crippen molar-refractivity contribution in [2.45, 2.75) is 12.6 Å². The number of nitrogens with one attached hydrogen (secondary N) is 3. The van der Waals surface area contributed by atoms with E-state index in [4.69, 9.17) is 15.5 Å². The minimum atomic E-state index is -0.530. The van der Waals surface area contributed by atoms with Crippen molar-refractivity contribution < 1.29 is 13.9 Å². The van der Waals surface area contributed by atoms with Crippen molar-refractivity contribution in [1.82, 2.24) is 10.3 Å². The number of aldehydes is 1. The van der Waals surface area contributed by atoms with Gasteiger partial charge in [0, 0.05) is 42.3 Å². The van der Waals surface area contributed by atoms with Gasteiger partial charge in [0.25, 0.3) is 0 Å². The summed E-state index contributed by atoms with van der Waals surface area (Å²) in [4.78, 5) is 18.9. The number of benzene rings is 2. The Kier molecular flexibility index (Phi) is 6.60. The Hall–Kier alpha value is -3.95. The molecule has 0 bridgehead atoms. The van der Waals surface area contributed by atoms with Crippen LogP contribution in [0, 0.1) is 5.82 Å². The molecule has 1 saturated heterocycles. The SMILES string of the molecule is NCc1cc(F)ccc1Nc1cc2c(c(Nc3ccc(N4CCOCC4)cc3)n1)C(C=O)NC=C2. The van der Waals surface area contributed by atoms with E-state index < -0.39 is 6.04 Å². The topological polar surface area (TPSA) is 105 Å². The van der Waals surface area contributed by atoms with Crippen LogP contribution in [0.3, 0.4) is 0 Å². The van der Waals surface area contributed by atoms with Crippen LogP contribution in [0.4, 0.5) is 33.1 Å². The molecule has 2 aliphatic heterocycles. The lowest BCUT2D eigenvalue weighted by Gasteiger charge is -2.29. The van der Waals surface area contributed by atoms with Crippen LogP contribution in [0.15, 0.2) is 54.7 Å². The largest absolute Gasteiger partial charge is 0.378 e. The molecule has 0 aliphatic carbocycles. The van der Waals surface area contributed by atoms with Gasteiger partial charge in [-0.25, -0.2) is 9.37 Å². The Morgan fingerprint density at radius 3 is 2.69 bits per heavy atom. The van der Waals surface area contributed by atoms with Gasteiger partial charge in [0.15, 0.2) is 0 Å². The molecule has 35 heavy (non-hydrogen) atoms. The summed E-state index contributed by atoms with van der Waals surface area (Å²) in [5.41, 5.74) is 10.7. The first-order valence-corrected chi connectivity index (χ1v) is 11.5. The number of nitrogens with zero attached hydrogens (tertiary/aromatic N) is 2. The number of nitrogens with two attached hydrogens (primary N) is 1. The first-order chi connectivity index (χ1) is 17.1. The monoisotopic (exact) mass is 474 g/mol. The summed E-state index contributed by atoms with van der Waals surface area (Å²) in [6.45, 7) is 3.36. The van der Waals surface area contributed by atoms with Gasteiger partial charge in [0.1, 0.15) is 29.8 Å². The van der Waals surface area contributed by atoms with Crippen molar-refractivity contribution in [3.8, 4) is 0 Å². The van der Waals surface area contributed by atoms with E-state index in [2.05, 4.69) is 33.0 Å². The van der Waals surface area contributed by atoms with Crippen LogP contribution in [0.25, 0.3) is 6.08 Å². The number of hydrogen-bond acceptors (Lipinski definition) is 8. The van der Waals surface area contributed by atoms with Crippen LogP contribution < -0.4 is 26.6 Å². The van der Waals surface area contributed by atoms with Crippen LogP contribution in [0.5, 0.6) is 0 Å². The van der Waals surface area contributed by atoms with Crippen molar-refractivity contribution in [1.29, 1.82) is 0 Å². The maximum Gasteiger partial charge on any atom is 0.146 e. The normalized spacial score (nSPS) is 16.9. The lowest BCUT2D eigenvalue weighted by atomic mass is 9.99. The zero-order valence-electron chi connectivity index (χ0n) is 19.1. The van der Waals surface area contributed by atoms with E-state index in [1.54, 1.807) is 12.3 Å². The number of fused-ring (bicyclic) bond motifs is 1. The van der Waals surface area contributed by atoms with E-state index in [-0.39, 0.29) is 12.4 Å². The molecule has 3 heterocycles. The average molecular weight is 475 g/mol. The minimum Gasteiger partial charge on any atom is -0.378 e.